The molecule has 1 amide bonds. The summed E-state index contributed by atoms with van der Waals surface area (Å²) < 4.78 is 0.973. The van der Waals surface area contributed by atoms with Crippen LogP contribution in [-0.4, -0.2) is 10.9 Å². The Morgan fingerprint density at radius 2 is 1.70 bits per heavy atom. The maximum Gasteiger partial charge on any atom is 0.256 e. The predicted octanol–water partition coefficient (Wildman–Crippen LogP) is 6.23. The average molecular weight is 417 g/mol. The Bertz CT molecular complexity index is 1150. The molecule has 1 heterocycles. The van der Waals surface area contributed by atoms with Gasteiger partial charge in [0.05, 0.1) is 16.8 Å². The van der Waals surface area contributed by atoms with Crippen molar-refractivity contribution >= 4 is 38.4 Å². The van der Waals surface area contributed by atoms with E-state index < -0.39 is 0 Å². The highest BCUT2D eigenvalue weighted by molar-refractivity contribution is 9.10. The van der Waals surface area contributed by atoms with Gasteiger partial charge in [0.25, 0.3) is 5.91 Å². The van der Waals surface area contributed by atoms with E-state index in [2.05, 4.69) is 21.2 Å². The van der Waals surface area contributed by atoms with E-state index >= 15 is 0 Å². The lowest BCUT2D eigenvalue weighted by Crippen LogP contribution is -2.13. The molecule has 4 rings (SSSR count). The van der Waals surface area contributed by atoms with E-state index in [4.69, 9.17) is 4.98 Å². The first-order valence-corrected chi connectivity index (χ1v) is 9.44. The van der Waals surface area contributed by atoms with Gasteiger partial charge >= 0.3 is 0 Å². The molecule has 0 fully saturated rings. The highest BCUT2D eigenvalue weighted by Gasteiger charge is 2.15. The third-order valence-corrected chi connectivity index (χ3v) is 4.97. The number of anilines is 1. The third kappa shape index (κ3) is 3.62. The number of pyridine rings is 1. The van der Waals surface area contributed by atoms with Crippen LogP contribution in [0.25, 0.3) is 22.2 Å². The fraction of sp³-hybridized carbons (Fsp3) is 0.0435. The molecule has 0 spiro atoms. The largest absolute Gasteiger partial charge is 0.322 e. The standard InChI is InChI=1S/C23H17BrN2O/c1-15-7-2-4-11-20(15)26-23(27)19-14-22(16-8-6-9-17(24)13-16)25-21-12-5-3-10-18(19)21/h2-14H,1H3,(H,26,27). The number of aryl methyl sites for hydroxylation is 1. The second-order valence-corrected chi connectivity index (χ2v) is 7.27. The van der Waals surface area contributed by atoms with Gasteiger partial charge in [-0.25, -0.2) is 4.98 Å². The first kappa shape index (κ1) is 17.4. The monoisotopic (exact) mass is 416 g/mol. The van der Waals surface area contributed by atoms with E-state index in [1.807, 2.05) is 85.8 Å². The molecule has 1 N–H and O–H groups in total. The molecule has 4 heteroatoms. The minimum Gasteiger partial charge on any atom is -0.322 e. The summed E-state index contributed by atoms with van der Waals surface area (Å²) in [5.41, 5.74) is 4.97. The fourth-order valence-electron chi connectivity index (χ4n) is 3.06. The first-order chi connectivity index (χ1) is 13.1. The van der Waals surface area contributed by atoms with Gasteiger partial charge in [-0.05, 0) is 42.8 Å². The number of rotatable bonds is 3. The lowest BCUT2D eigenvalue weighted by atomic mass is 10.0. The molecular weight excluding hydrogens is 400 g/mol. The van der Waals surface area contributed by atoms with Crippen LogP contribution in [0.1, 0.15) is 15.9 Å². The zero-order chi connectivity index (χ0) is 18.8. The molecule has 4 aromatic rings. The van der Waals surface area contributed by atoms with Crippen LogP contribution in [0.4, 0.5) is 5.69 Å². The van der Waals surface area contributed by atoms with Gasteiger partial charge in [0.1, 0.15) is 0 Å². The van der Waals surface area contributed by atoms with Crippen molar-refractivity contribution in [1.29, 1.82) is 0 Å². The number of aromatic nitrogens is 1. The highest BCUT2D eigenvalue weighted by atomic mass is 79.9. The molecule has 1 aromatic heterocycles. The van der Waals surface area contributed by atoms with Gasteiger partial charge in [0, 0.05) is 21.1 Å². The molecule has 0 saturated carbocycles. The average Bonchev–Trinajstić information content (AvgIpc) is 2.69. The first-order valence-electron chi connectivity index (χ1n) is 8.64. The smallest absolute Gasteiger partial charge is 0.256 e. The van der Waals surface area contributed by atoms with Gasteiger partial charge < -0.3 is 5.32 Å². The summed E-state index contributed by atoms with van der Waals surface area (Å²) in [6, 6.07) is 25.3. The Balaban J connectivity index is 1.83. The topological polar surface area (TPSA) is 42.0 Å². The Morgan fingerprint density at radius 3 is 2.52 bits per heavy atom. The molecule has 0 radical (unpaired) electrons. The number of hydrogen-bond donors (Lipinski definition) is 1. The highest BCUT2D eigenvalue weighted by Crippen LogP contribution is 2.27. The predicted molar refractivity (Wildman–Crippen MR) is 114 cm³/mol. The van der Waals surface area contributed by atoms with Crippen molar-refractivity contribution in [2.45, 2.75) is 6.92 Å². The molecule has 0 atom stereocenters. The number of carbonyl (C=O) groups is 1. The van der Waals surface area contributed by atoms with Crippen LogP contribution >= 0.6 is 15.9 Å². The van der Waals surface area contributed by atoms with Gasteiger partial charge in [0.2, 0.25) is 0 Å². The van der Waals surface area contributed by atoms with Crippen molar-refractivity contribution in [2.75, 3.05) is 5.32 Å². The zero-order valence-electron chi connectivity index (χ0n) is 14.7. The Labute approximate surface area is 166 Å². The van der Waals surface area contributed by atoms with Crippen molar-refractivity contribution < 1.29 is 4.79 Å². The van der Waals surface area contributed by atoms with Crippen LogP contribution in [0.2, 0.25) is 0 Å². The molecule has 0 saturated heterocycles. The molecule has 3 aromatic carbocycles. The number of carbonyl (C=O) groups excluding carboxylic acids is 1. The fourth-order valence-corrected chi connectivity index (χ4v) is 3.46. The molecule has 132 valence electrons. The molecule has 0 bridgehead atoms. The summed E-state index contributed by atoms with van der Waals surface area (Å²) in [5.74, 6) is -0.140. The van der Waals surface area contributed by atoms with Crippen LogP contribution in [0.15, 0.2) is 83.3 Å². The summed E-state index contributed by atoms with van der Waals surface area (Å²) in [7, 11) is 0. The Kier molecular flexibility index (Phi) is 4.73. The minimum absolute atomic E-state index is 0.140. The van der Waals surface area contributed by atoms with Crippen molar-refractivity contribution in [2.24, 2.45) is 0 Å². The van der Waals surface area contributed by atoms with E-state index in [-0.39, 0.29) is 5.91 Å². The number of nitrogens with zero attached hydrogens (tertiary/aromatic N) is 1. The van der Waals surface area contributed by atoms with Crippen LogP contribution < -0.4 is 5.32 Å². The van der Waals surface area contributed by atoms with Crippen LogP contribution in [-0.2, 0) is 0 Å². The van der Waals surface area contributed by atoms with E-state index in [0.29, 0.717) is 5.56 Å². The molecular formula is C23H17BrN2O. The van der Waals surface area contributed by atoms with Gasteiger partial charge in [0.15, 0.2) is 0 Å². The number of hydrogen-bond acceptors (Lipinski definition) is 2. The molecule has 0 aliphatic heterocycles. The van der Waals surface area contributed by atoms with Gasteiger partial charge in [-0.3, -0.25) is 4.79 Å². The Hall–Kier alpha value is -2.98. The van der Waals surface area contributed by atoms with E-state index in [9.17, 15) is 4.79 Å². The second kappa shape index (κ2) is 7.33. The molecule has 3 nitrogen and oxygen atoms in total. The Morgan fingerprint density at radius 1 is 0.926 bits per heavy atom. The quantitative estimate of drug-likeness (QED) is 0.430. The third-order valence-electron chi connectivity index (χ3n) is 4.47. The number of nitrogens with one attached hydrogen (secondary N) is 1. The number of amides is 1. The normalized spacial score (nSPS) is 10.7. The maximum atomic E-state index is 13.1. The maximum absolute atomic E-state index is 13.1. The van der Waals surface area contributed by atoms with Crippen molar-refractivity contribution in [3.05, 3.63) is 94.5 Å². The number of fused-ring (bicyclic) bond motifs is 1. The van der Waals surface area contributed by atoms with E-state index in [1.165, 1.54) is 0 Å². The van der Waals surface area contributed by atoms with Crippen LogP contribution in [0, 0.1) is 6.92 Å². The molecule has 0 unspecified atom stereocenters. The van der Waals surface area contributed by atoms with Crippen molar-refractivity contribution in [1.82, 2.24) is 4.98 Å². The van der Waals surface area contributed by atoms with Crippen LogP contribution in [0.5, 0.6) is 0 Å². The van der Waals surface area contributed by atoms with Crippen molar-refractivity contribution in [3.63, 3.8) is 0 Å². The van der Waals surface area contributed by atoms with E-state index in [0.717, 1.165) is 37.9 Å². The summed E-state index contributed by atoms with van der Waals surface area (Å²) in [6.07, 6.45) is 0. The summed E-state index contributed by atoms with van der Waals surface area (Å²) in [6.45, 7) is 1.98. The number of benzene rings is 3. The molecule has 0 aliphatic carbocycles. The number of para-hydroxylation sites is 2. The second-order valence-electron chi connectivity index (χ2n) is 6.35. The van der Waals surface area contributed by atoms with Crippen LogP contribution in [0.3, 0.4) is 0 Å². The zero-order valence-corrected chi connectivity index (χ0v) is 16.3. The van der Waals surface area contributed by atoms with Gasteiger partial charge in [-0.15, -0.1) is 0 Å². The summed E-state index contributed by atoms with van der Waals surface area (Å²) in [4.78, 5) is 17.8. The SMILES string of the molecule is Cc1ccccc1NC(=O)c1cc(-c2cccc(Br)c2)nc2ccccc12. The lowest BCUT2D eigenvalue weighted by Gasteiger charge is -2.12. The summed E-state index contributed by atoms with van der Waals surface area (Å²) >= 11 is 3.50. The van der Waals surface area contributed by atoms with Crippen molar-refractivity contribution in [3.8, 4) is 11.3 Å². The summed E-state index contributed by atoms with van der Waals surface area (Å²) in [5, 5.41) is 3.87. The molecule has 27 heavy (non-hydrogen) atoms. The number of halogens is 1. The molecule has 0 aliphatic rings. The lowest BCUT2D eigenvalue weighted by molar-refractivity contribution is 0.102. The van der Waals surface area contributed by atoms with Gasteiger partial charge in [-0.1, -0.05) is 64.5 Å². The van der Waals surface area contributed by atoms with Gasteiger partial charge in [-0.2, -0.15) is 0 Å². The minimum atomic E-state index is -0.140. The van der Waals surface area contributed by atoms with E-state index in [1.54, 1.807) is 0 Å².